The molecule has 4 rings (SSSR count). The van der Waals surface area contributed by atoms with Crippen molar-refractivity contribution in [2.45, 2.75) is 16.4 Å². The fourth-order valence-corrected chi connectivity index (χ4v) is 5.63. The Hall–Kier alpha value is -2.99. The van der Waals surface area contributed by atoms with E-state index >= 15 is 0 Å². The summed E-state index contributed by atoms with van der Waals surface area (Å²) in [5.41, 5.74) is 2.18. The highest BCUT2D eigenvalue weighted by atomic mass is 35.5. The average Bonchev–Trinajstić information content (AvgIpc) is 2.82. The molecule has 7 heteroatoms. The first-order valence-corrected chi connectivity index (χ1v) is 12.3. The van der Waals surface area contributed by atoms with E-state index in [0.717, 1.165) is 11.1 Å². The summed E-state index contributed by atoms with van der Waals surface area (Å²) in [7, 11) is -2.51. The van der Waals surface area contributed by atoms with Crippen molar-refractivity contribution in [3.05, 3.63) is 107 Å². The Kier molecular flexibility index (Phi) is 6.94. The van der Waals surface area contributed by atoms with Crippen LogP contribution in [0.25, 0.3) is 11.1 Å². The number of hydrogen-bond acceptors (Lipinski definition) is 4. The Balaban J connectivity index is 1.87. The maximum Gasteiger partial charge on any atom is 0.207 e. The molecule has 0 radical (unpaired) electrons. The molecule has 33 heavy (non-hydrogen) atoms. The van der Waals surface area contributed by atoms with Crippen molar-refractivity contribution < 1.29 is 17.9 Å². The van der Waals surface area contributed by atoms with Crippen LogP contribution in [0.1, 0.15) is 5.56 Å². The molecule has 0 amide bonds. The molecule has 4 aromatic rings. The third kappa shape index (κ3) is 5.17. The molecule has 0 aromatic heterocycles. The second-order valence-corrected chi connectivity index (χ2v) is 10.0. The molecule has 0 heterocycles. The number of sulfone groups is 1. The van der Waals surface area contributed by atoms with Crippen LogP contribution in [0.4, 0.5) is 0 Å². The van der Waals surface area contributed by atoms with Crippen LogP contribution in [0.15, 0.2) is 101 Å². The molecule has 4 aromatic carbocycles. The summed E-state index contributed by atoms with van der Waals surface area (Å²) < 4.78 is 38.9. The lowest BCUT2D eigenvalue weighted by atomic mass is 10.1. The van der Waals surface area contributed by atoms with E-state index < -0.39 is 9.84 Å². The van der Waals surface area contributed by atoms with Crippen LogP contribution in [0, 0.1) is 0 Å². The maximum absolute atomic E-state index is 13.7. The van der Waals surface area contributed by atoms with E-state index in [2.05, 4.69) is 0 Å². The van der Waals surface area contributed by atoms with Crippen LogP contribution in [0.2, 0.25) is 10.0 Å². The summed E-state index contributed by atoms with van der Waals surface area (Å²) in [4.78, 5) is 0.0631. The molecular weight excluding hydrogens is 479 g/mol. The molecule has 0 saturated carbocycles. The molecular formula is C26H20Cl2O4S. The summed E-state index contributed by atoms with van der Waals surface area (Å²) in [5.74, 6) is 0.737. The van der Waals surface area contributed by atoms with Gasteiger partial charge in [0.15, 0.2) is 11.5 Å². The number of benzene rings is 4. The van der Waals surface area contributed by atoms with Gasteiger partial charge in [-0.15, -0.1) is 0 Å². The molecule has 4 nitrogen and oxygen atoms in total. The molecule has 0 N–H and O–H groups in total. The van der Waals surface area contributed by atoms with Crippen molar-refractivity contribution in [1.82, 2.24) is 0 Å². The van der Waals surface area contributed by atoms with E-state index in [1.807, 2.05) is 60.7 Å². The van der Waals surface area contributed by atoms with Gasteiger partial charge in [-0.2, -0.15) is 0 Å². The lowest BCUT2D eigenvalue weighted by Gasteiger charge is -2.17. The first-order valence-electron chi connectivity index (χ1n) is 10.0. The highest BCUT2D eigenvalue weighted by Crippen LogP contribution is 2.41. The van der Waals surface area contributed by atoms with Gasteiger partial charge >= 0.3 is 0 Å². The minimum atomic E-state index is -3.98. The zero-order valence-electron chi connectivity index (χ0n) is 17.7. The molecule has 0 bridgehead atoms. The largest absolute Gasteiger partial charge is 0.493 e. The maximum atomic E-state index is 13.7. The van der Waals surface area contributed by atoms with Crippen molar-refractivity contribution >= 4 is 33.0 Å². The Bertz CT molecular complexity index is 1350. The van der Waals surface area contributed by atoms with Gasteiger partial charge in [0.25, 0.3) is 0 Å². The zero-order valence-corrected chi connectivity index (χ0v) is 20.0. The first kappa shape index (κ1) is 23.2. The molecule has 0 aliphatic heterocycles. The van der Waals surface area contributed by atoms with Gasteiger partial charge in [-0.05, 0) is 35.4 Å². The van der Waals surface area contributed by atoms with Crippen LogP contribution in [-0.2, 0) is 16.4 Å². The van der Waals surface area contributed by atoms with Crippen molar-refractivity contribution in [1.29, 1.82) is 0 Å². The summed E-state index contributed by atoms with van der Waals surface area (Å²) in [6, 6.07) is 26.3. The average molecular weight is 499 g/mol. The van der Waals surface area contributed by atoms with Gasteiger partial charge < -0.3 is 9.47 Å². The molecule has 0 spiro atoms. The second-order valence-electron chi connectivity index (χ2n) is 7.25. The number of rotatable bonds is 7. The Morgan fingerprint density at radius 1 is 0.758 bits per heavy atom. The highest BCUT2D eigenvalue weighted by Gasteiger charge is 2.26. The van der Waals surface area contributed by atoms with Gasteiger partial charge in [0.2, 0.25) is 9.84 Å². The van der Waals surface area contributed by atoms with Crippen molar-refractivity contribution in [3.63, 3.8) is 0 Å². The topological polar surface area (TPSA) is 52.6 Å². The number of hydrogen-bond donors (Lipinski definition) is 0. The Labute approximate surface area is 203 Å². The quantitative estimate of drug-likeness (QED) is 0.273. The minimum Gasteiger partial charge on any atom is -0.493 e. The summed E-state index contributed by atoms with van der Waals surface area (Å²) in [6.45, 7) is 0.307. The van der Waals surface area contributed by atoms with Crippen LogP contribution < -0.4 is 9.47 Å². The second kappa shape index (κ2) is 9.87. The van der Waals surface area contributed by atoms with Gasteiger partial charge in [0.1, 0.15) is 6.61 Å². The Morgan fingerprint density at radius 2 is 1.36 bits per heavy atom. The Morgan fingerprint density at radius 3 is 1.97 bits per heavy atom. The monoisotopic (exact) mass is 498 g/mol. The third-order valence-electron chi connectivity index (χ3n) is 5.02. The number of halogens is 2. The number of ether oxygens (including phenoxy) is 2. The van der Waals surface area contributed by atoms with Crippen LogP contribution >= 0.6 is 23.2 Å². The van der Waals surface area contributed by atoms with Gasteiger partial charge in [0.05, 0.1) is 16.9 Å². The predicted molar refractivity (Wildman–Crippen MR) is 131 cm³/mol. The van der Waals surface area contributed by atoms with Gasteiger partial charge in [-0.25, -0.2) is 8.42 Å². The molecule has 168 valence electrons. The molecule has 0 saturated heterocycles. The molecule has 0 aliphatic carbocycles. The van der Waals surface area contributed by atoms with E-state index in [9.17, 15) is 8.42 Å². The van der Waals surface area contributed by atoms with Crippen molar-refractivity contribution in [3.8, 4) is 22.6 Å². The number of methoxy groups -OCH3 is 1. The minimum absolute atomic E-state index is 0.00260. The van der Waals surface area contributed by atoms with E-state index in [-0.39, 0.29) is 19.8 Å². The van der Waals surface area contributed by atoms with Gasteiger partial charge in [-0.3, -0.25) is 0 Å². The highest BCUT2D eigenvalue weighted by molar-refractivity contribution is 7.91. The van der Waals surface area contributed by atoms with Crippen molar-refractivity contribution in [2.75, 3.05) is 7.11 Å². The zero-order chi connectivity index (χ0) is 23.4. The first-order chi connectivity index (χ1) is 15.9. The lowest BCUT2D eigenvalue weighted by Crippen LogP contribution is -2.06. The van der Waals surface area contributed by atoms with Crippen LogP contribution in [-0.4, -0.2) is 15.5 Å². The fraction of sp³-hybridized carbons (Fsp3) is 0.0769. The van der Waals surface area contributed by atoms with E-state index in [4.69, 9.17) is 32.7 Å². The van der Waals surface area contributed by atoms with E-state index in [0.29, 0.717) is 23.7 Å². The van der Waals surface area contributed by atoms with E-state index in [1.54, 1.807) is 6.07 Å². The third-order valence-corrected chi connectivity index (χ3v) is 7.23. The van der Waals surface area contributed by atoms with Gasteiger partial charge in [0, 0.05) is 21.7 Å². The van der Waals surface area contributed by atoms with Gasteiger partial charge in [-0.1, -0.05) is 83.9 Å². The van der Waals surface area contributed by atoms with Crippen LogP contribution in [0.3, 0.4) is 0 Å². The molecule has 0 atom stereocenters. The smallest absolute Gasteiger partial charge is 0.207 e. The summed E-state index contributed by atoms with van der Waals surface area (Å²) in [5, 5.41) is 0.467. The summed E-state index contributed by atoms with van der Waals surface area (Å²) >= 11 is 12.2. The molecule has 0 fully saturated rings. The SMILES string of the molecule is COc1cc(S(=O)(=O)c2cc(Cl)cc(Cl)c2)c(-c2ccccc2)cc1OCc1ccccc1. The standard InChI is InChI=1S/C26H20Cl2O4S/c1-31-24-16-26(33(29,30)22-13-20(27)12-21(28)14-22)23(19-10-6-3-7-11-19)15-25(24)32-17-18-8-4-2-5-9-18/h2-16H,17H2,1H3. The normalized spacial score (nSPS) is 11.2. The van der Waals surface area contributed by atoms with Crippen molar-refractivity contribution in [2.24, 2.45) is 0 Å². The molecule has 0 aliphatic rings. The van der Waals surface area contributed by atoms with Crippen LogP contribution in [0.5, 0.6) is 11.5 Å². The molecule has 0 unspecified atom stereocenters. The summed E-state index contributed by atoms with van der Waals surface area (Å²) in [6.07, 6.45) is 0. The lowest BCUT2D eigenvalue weighted by molar-refractivity contribution is 0.284. The van der Waals surface area contributed by atoms with E-state index in [1.165, 1.54) is 31.4 Å². The predicted octanol–water partition coefficient (Wildman–Crippen LogP) is 7.08. The fourth-order valence-electron chi connectivity index (χ4n) is 3.43.